The summed E-state index contributed by atoms with van der Waals surface area (Å²) in [6.07, 6.45) is -0.679. The molecule has 0 amide bonds. The van der Waals surface area contributed by atoms with Crippen LogP contribution in [0.25, 0.3) is 11.1 Å². The highest BCUT2D eigenvalue weighted by Crippen LogP contribution is 2.36. The van der Waals surface area contributed by atoms with Crippen molar-refractivity contribution in [3.63, 3.8) is 0 Å². The number of carbonyl (C=O) groups is 2. The maximum Gasteiger partial charge on any atom is 0.347 e. The van der Waals surface area contributed by atoms with Crippen molar-refractivity contribution < 1.29 is 19.1 Å². The van der Waals surface area contributed by atoms with Gasteiger partial charge in [0.25, 0.3) is 0 Å². The third kappa shape index (κ3) is 3.74. The second-order valence-corrected chi connectivity index (χ2v) is 6.01. The van der Waals surface area contributed by atoms with Gasteiger partial charge in [0, 0.05) is 11.4 Å². The van der Waals surface area contributed by atoms with Crippen LogP contribution in [0.1, 0.15) is 24.5 Å². The summed E-state index contributed by atoms with van der Waals surface area (Å²) in [4.78, 5) is 24.7. The predicted molar refractivity (Wildman–Crippen MR) is 95.8 cm³/mol. The first kappa shape index (κ1) is 17.2. The van der Waals surface area contributed by atoms with E-state index in [2.05, 4.69) is 0 Å². The topological polar surface area (TPSA) is 52.6 Å². The van der Waals surface area contributed by atoms with Crippen molar-refractivity contribution in [2.75, 3.05) is 6.61 Å². The summed E-state index contributed by atoms with van der Waals surface area (Å²) in [5.74, 6) is -1.06. The minimum Gasteiger partial charge on any atom is -0.463 e. The molecule has 1 heterocycles. The Morgan fingerprint density at radius 2 is 1.80 bits per heavy atom. The first-order valence-corrected chi connectivity index (χ1v) is 8.40. The molecule has 0 unspecified atom stereocenters. The van der Waals surface area contributed by atoms with E-state index in [1.165, 1.54) is 0 Å². The fraction of sp³-hybridized carbons (Fsp3) is 0.200. The van der Waals surface area contributed by atoms with E-state index in [4.69, 9.17) is 21.1 Å². The van der Waals surface area contributed by atoms with Crippen LogP contribution in [0.3, 0.4) is 0 Å². The van der Waals surface area contributed by atoms with Gasteiger partial charge < -0.3 is 9.47 Å². The fourth-order valence-electron chi connectivity index (χ4n) is 2.82. The number of esters is 2. The SMILES string of the molecule is CCOC(=O)[C@H]1CC(c2ccc(Cl)cc2)=C(c2ccccc2)C(=O)O1. The van der Waals surface area contributed by atoms with Gasteiger partial charge in [0.1, 0.15) is 0 Å². The molecule has 0 saturated carbocycles. The van der Waals surface area contributed by atoms with Gasteiger partial charge in [-0.15, -0.1) is 0 Å². The normalized spacial score (nSPS) is 17.2. The van der Waals surface area contributed by atoms with Gasteiger partial charge in [-0.25, -0.2) is 9.59 Å². The van der Waals surface area contributed by atoms with Gasteiger partial charge in [0.2, 0.25) is 6.10 Å². The first-order valence-electron chi connectivity index (χ1n) is 8.02. The average Bonchev–Trinajstić information content (AvgIpc) is 2.62. The smallest absolute Gasteiger partial charge is 0.347 e. The van der Waals surface area contributed by atoms with E-state index in [1.807, 2.05) is 42.5 Å². The minimum absolute atomic E-state index is 0.235. The van der Waals surface area contributed by atoms with E-state index >= 15 is 0 Å². The van der Waals surface area contributed by atoms with Crippen molar-refractivity contribution in [1.29, 1.82) is 0 Å². The number of cyclic esters (lactones) is 1. The Bertz CT molecular complexity index is 809. The molecule has 0 N–H and O–H groups in total. The van der Waals surface area contributed by atoms with Crippen LogP contribution in [-0.2, 0) is 19.1 Å². The Morgan fingerprint density at radius 1 is 1.12 bits per heavy atom. The van der Waals surface area contributed by atoms with Gasteiger partial charge in [-0.1, -0.05) is 54.1 Å². The second-order valence-electron chi connectivity index (χ2n) is 5.58. The molecule has 25 heavy (non-hydrogen) atoms. The summed E-state index contributed by atoms with van der Waals surface area (Å²) in [6, 6.07) is 16.5. The molecule has 1 aliphatic heterocycles. The van der Waals surface area contributed by atoms with E-state index < -0.39 is 18.0 Å². The minimum atomic E-state index is -0.939. The molecule has 0 saturated heterocycles. The molecular weight excluding hydrogens is 340 g/mol. The molecule has 0 bridgehead atoms. The molecule has 0 aliphatic carbocycles. The van der Waals surface area contributed by atoms with Crippen LogP contribution in [0.5, 0.6) is 0 Å². The summed E-state index contributed by atoms with van der Waals surface area (Å²) < 4.78 is 10.4. The Hall–Kier alpha value is -2.59. The summed E-state index contributed by atoms with van der Waals surface area (Å²) in [7, 11) is 0. The van der Waals surface area contributed by atoms with Crippen LogP contribution in [0.15, 0.2) is 54.6 Å². The van der Waals surface area contributed by atoms with E-state index in [0.717, 1.165) is 16.7 Å². The Labute approximate surface area is 151 Å². The molecule has 0 aromatic heterocycles. The van der Waals surface area contributed by atoms with Gasteiger partial charge in [-0.2, -0.15) is 0 Å². The zero-order valence-electron chi connectivity index (χ0n) is 13.7. The van der Waals surface area contributed by atoms with Gasteiger partial charge >= 0.3 is 11.9 Å². The van der Waals surface area contributed by atoms with Gasteiger partial charge in [-0.05, 0) is 35.8 Å². The lowest BCUT2D eigenvalue weighted by Gasteiger charge is -2.26. The fourth-order valence-corrected chi connectivity index (χ4v) is 2.94. The molecule has 0 fully saturated rings. The molecule has 3 rings (SSSR count). The number of halogens is 1. The van der Waals surface area contributed by atoms with Crippen LogP contribution in [0.2, 0.25) is 5.02 Å². The summed E-state index contributed by atoms with van der Waals surface area (Å²) in [5.41, 5.74) is 2.79. The zero-order valence-corrected chi connectivity index (χ0v) is 14.5. The van der Waals surface area contributed by atoms with Crippen molar-refractivity contribution in [2.45, 2.75) is 19.4 Å². The highest BCUT2D eigenvalue weighted by atomic mass is 35.5. The maximum atomic E-state index is 12.7. The Morgan fingerprint density at radius 3 is 2.44 bits per heavy atom. The van der Waals surface area contributed by atoms with Crippen molar-refractivity contribution >= 4 is 34.7 Å². The largest absolute Gasteiger partial charge is 0.463 e. The quantitative estimate of drug-likeness (QED) is 0.773. The summed E-state index contributed by atoms with van der Waals surface area (Å²) in [6.45, 7) is 1.95. The van der Waals surface area contributed by atoms with Crippen molar-refractivity contribution in [1.82, 2.24) is 0 Å². The van der Waals surface area contributed by atoms with Crippen LogP contribution in [0.4, 0.5) is 0 Å². The zero-order chi connectivity index (χ0) is 17.8. The van der Waals surface area contributed by atoms with E-state index in [9.17, 15) is 9.59 Å². The molecule has 0 radical (unpaired) electrons. The summed E-state index contributed by atoms with van der Waals surface area (Å²) in [5, 5.41) is 0.603. The van der Waals surface area contributed by atoms with E-state index in [-0.39, 0.29) is 13.0 Å². The van der Waals surface area contributed by atoms with Crippen molar-refractivity contribution in [2.24, 2.45) is 0 Å². The number of ether oxygens (including phenoxy) is 2. The van der Waals surface area contributed by atoms with Gasteiger partial charge in [0.15, 0.2) is 0 Å². The van der Waals surface area contributed by atoms with Crippen LogP contribution < -0.4 is 0 Å². The number of hydrogen-bond donors (Lipinski definition) is 0. The Kier molecular flexibility index (Phi) is 5.19. The van der Waals surface area contributed by atoms with Crippen molar-refractivity contribution in [3.8, 4) is 0 Å². The third-order valence-electron chi connectivity index (χ3n) is 3.95. The molecule has 1 atom stereocenters. The predicted octanol–water partition coefficient (Wildman–Crippen LogP) is 4.13. The lowest BCUT2D eigenvalue weighted by atomic mass is 9.89. The lowest BCUT2D eigenvalue weighted by Crippen LogP contribution is -2.33. The number of rotatable bonds is 4. The maximum absolute atomic E-state index is 12.7. The summed E-state index contributed by atoms with van der Waals surface area (Å²) >= 11 is 5.97. The molecule has 5 heteroatoms. The van der Waals surface area contributed by atoms with Gasteiger partial charge in [0.05, 0.1) is 12.2 Å². The van der Waals surface area contributed by atoms with Gasteiger partial charge in [-0.3, -0.25) is 0 Å². The molecule has 0 spiro atoms. The van der Waals surface area contributed by atoms with Crippen molar-refractivity contribution in [3.05, 3.63) is 70.7 Å². The van der Waals surface area contributed by atoms with E-state index in [0.29, 0.717) is 10.6 Å². The standard InChI is InChI=1S/C20H17ClO4/c1-2-24-19(22)17-12-16(13-8-10-15(21)11-9-13)18(20(23)25-17)14-6-4-3-5-7-14/h3-11,17H,2,12H2,1H3/t17-/m1/s1. The molecule has 2 aromatic rings. The third-order valence-corrected chi connectivity index (χ3v) is 4.20. The van der Waals surface area contributed by atoms with E-state index in [1.54, 1.807) is 19.1 Å². The number of hydrogen-bond acceptors (Lipinski definition) is 4. The lowest BCUT2D eigenvalue weighted by molar-refractivity contribution is -0.164. The van der Waals surface area contributed by atoms with Crippen LogP contribution in [0, 0.1) is 0 Å². The highest BCUT2D eigenvalue weighted by molar-refractivity contribution is 6.30. The monoisotopic (exact) mass is 356 g/mol. The first-order chi connectivity index (χ1) is 12.1. The van der Waals surface area contributed by atoms with Crippen LogP contribution >= 0.6 is 11.6 Å². The van der Waals surface area contributed by atoms with Crippen LogP contribution in [-0.4, -0.2) is 24.6 Å². The second kappa shape index (κ2) is 7.53. The molecule has 1 aliphatic rings. The highest BCUT2D eigenvalue weighted by Gasteiger charge is 2.35. The number of benzene rings is 2. The average molecular weight is 357 g/mol. The molecule has 128 valence electrons. The molecular formula is C20H17ClO4. The molecule has 4 nitrogen and oxygen atoms in total. The number of carbonyl (C=O) groups excluding carboxylic acids is 2. The Balaban J connectivity index is 2.09. The molecule has 2 aromatic carbocycles.